The lowest BCUT2D eigenvalue weighted by atomic mass is 10.3. The van der Waals surface area contributed by atoms with Crippen LogP contribution in [-0.4, -0.2) is 19.7 Å². The number of pyridine rings is 1. The minimum Gasteiger partial charge on any atom is -0.258 e. The molecular formula is C12H4Cl3FN4O2. The third-order valence-electron chi connectivity index (χ3n) is 2.90. The third kappa shape index (κ3) is 2.37. The molecule has 2 heterocycles. The van der Waals surface area contributed by atoms with E-state index in [1.807, 2.05) is 0 Å². The summed E-state index contributed by atoms with van der Waals surface area (Å²) >= 11 is 17.9. The van der Waals surface area contributed by atoms with Gasteiger partial charge in [-0.2, -0.15) is 5.10 Å². The van der Waals surface area contributed by atoms with E-state index in [0.29, 0.717) is 0 Å². The van der Waals surface area contributed by atoms with Crippen molar-refractivity contribution in [3.8, 4) is 5.69 Å². The number of benzene rings is 1. The van der Waals surface area contributed by atoms with Crippen LogP contribution in [0, 0.1) is 15.9 Å². The summed E-state index contributed by atoms with van der Waals surface area (Å²) in [6, 6.07) is 2.26. The average molecular weight is 362 g/mol. The van der Waals surface area contributed by atoms with Crippen LogP contribution < -0.4 is 0 Å². The molecule has 0 atom stereocenters. The number of hydrogen-bond donors (Lipinski definition) is 0. The van der Waals surface area contributed by atoms with Crippen molar-refractivity contribution in [3.05, 3.63) is 55.7 Å². The molecule has 112 valence electrons. The highest BCUT2D eigenvalue weighted by molar-refractivity contribution is 6.38. The molecule has 1 aromatic carbocycles. The highest BCUT2D eigenvalue weighted by atomic mass is 35.5. The van der Waals surface area contributed by atoms with E-state index in [0.717, 1.165) is 18.3 Å². The predicted octanol–water partition coefficient (Wildman–Crippen LogP) is 4.43. The van der Waals surface area contributed by atoms with Crippen LogP contribution in [0.2, 0.25) is 15.2 Å². The van der Waals surface area contributed by atoms with Crippen molar-refractivity contribution >= 4 is 51.4 Å². The maximum atomic E-state index is 13.7. The highest BCUT2D eigenvalue weighted by Gasteiger charge is 2.19. The molecule has 0 saturated heterocycles. The molecule has 0 aliphatic carbocycles. The summed E-state index contributed by atoms with van der Waals surface area (Å²) in [5, 5.41) is 15.1. The van der Waals surface area contributed by atoms with Gasteiger partial charge in [0.1, 0.15) is 16.4 Å². The molecule has 0 saturated carbocycles. The Morgan fingerprint density at radius 3 is 2.41 bits per heavy atom. The van der Waals surface area contributed by atoms with Crippen molar-refractivity contribution in [2.45, 2.75) is 0 Å². The van der Waals surface area contributed by atoms with Crippen molar-refractivity contribution in [2.75, 3.05) is 0 Å². The van der Waals surface area contributed by atoms with E-state index in [9.17, 15) is 14.5 Å². The molecule has 10 heteroatoms. The molecule has 0 bridgehead atoms. The molecular weight excluding hydrogens is 358 g/mol. The summed E-state index contributed by atoms with van der Waals surface area (Å²) in [6.07, 6.45) is 2.34. The molecule has 0 fully saturated rings. The molecule has 0 unspecified atom stereocenters. The largest absolute Gasteiger partial charge is 0.272 e. The standard InChI is InChI=1S/C12H4Cl3FN4O2/c13-7-1-5(20(21)22)2-8(14)11(7)19-4-6-10(18-19)9(16)3-17-12(6)15/h1-4H. The van der Waals surface area contributed by atoms with Crippen LogP contribution in [0.15, 0.2) is 24.5 Å². The van der Waals surface area contributed by atoms with E-state index in [4.69, 9.17) is 34.8 Å². The Kier molecular flexibility index (Phi) is 3.64. The maximum absolute atomic E-state index is 13.7. The zero-order valence-electron chi connectivity index (χ0n) is 10.4. The Labute approximate surface area is 137 Å². The first-order valence-electron chi connectivity index (χ1n) is 5.71. The van der Waals surface area contributed by atoms with E-state index < -0.39 is 10.7 Å². The lowest BCUT2D eigenvalue weighted by Crippen LogP contribution is -1.98. The van der Waals surface area contributed by atoms with E-state index in [-0.39, 0.29) is 37.5 Å². The van der Waals surface area contributed by atoms with Crippen molar-refractivity contribution in [1.29, 1.82) is 0 Å². The second kappa shape index (κ2) is 5.35. The minimum atomic E-state index is -0.660. The van der Waals surface area contributed by atoms with Gasteiger partial charge in [0.25, 0.3) is 5.69 Å². The number of fused-ring (bicyclic) bond motifs is 1. The number of aromatic nitrogens is 3. The van der Waals surface area contributed by atoms with Crippen LogP contribution in [0.25, 0.3) is 16.6 Å². The van der Waals surface area contributed by atoms with Gasteiger partial charge >= 0.3 is 0 Å². The number of hydrogen-bond acceptors (Lipinski definition) is 4. The Balaban J connectivity index is 2.26. The molecule has 22 heavy (non-hydrogen) atoms. The Morgan fingerprint density at radius 2 is 1.86 bits per heavy atom. The van der Waals surface area contributed by atoms with Crippen molar-refractivity contribution < 1.29 is 9.31 Å². The van der Waals surface area contributed by atoms with Crippen LogP contribution in [0.3, 0.4) is 0 Å². The van der Waals surface area contributed by atoms with Gasteiger partial charge < -0.3 is 0 Å². The van der Waals surface area contributed by atoms with Crippen LogP contribution in [0.5, 0.6) is 0 Å². The first-order valence-corrected chi connectivity index (χ1v) is 6.85. The fourth-order valence-corrected chi connectivity index (χ4v) is 2.77. The first kappa shape index (κ1) is 15.0. The van der Waals surface area contributed by atoms with E-state index >= 15 is 0 Å². The molecule has 0 aliphatic heterocycles. The summed E-state index contributed by atoms with van der Waals surface area (Å²) < 4.78 is 14.9. The van der Waals surface area contributed by atoms with Crippen LogP contribution >= 0.6 is 34.8 Å². The zero-order chi connectivity index (χ0) is 16.0. The number of rotatable bonds is 2. The zero-order valence-corrected chi connectivity index (χ0v) is 12.7. The number of nitro groups is 1. The topological polar surface area (TPSA) is 73.8 Å². The van der Waals surface area contributed by atoms with Gasteiger partial charge in [-0.25, -0.2) is 14.1 Å². The van der Waals surface area contributed by atoms with Crippen LogP contribution in [0.1, 0.15) is 0 Å². The minimum absolute atomic E-state index is 0.00324. The molecule has 3 rings (SSSR count). The van der Waals surface area contributed by atoms with Gasteiger partial charge in [-0.3, -0.25) is 10.1 Å². The summed E-state index contributed by atoms with van der Waals surface area (Å²) in [6.45, 7) is 0. The third-order valence-corrected chi connectivity index (χ3v) is 3.77. The van der Waals surface area contributed by atoms with Gasteiger partial charge in [0, 0.05) is 18.3 Å². The van der Waals surface area contributed by atoms with E-state index in [1.54, 1.807) is 0 Å². The van der Waals surface area contributed by atoms with Crippen LogP contribution in [0.4, 0.5) is 10.1 Å². The number of nitro benzene ring substituents is 1. The molecule has 0 amide bonds. The first-order chi connectivity index (χ1) is 10.4. The second-order valence-electron chi connectivity index (χ2n) is 4.25. The molecule has 6 nitrogen and oxygen atoms in total. The molecule has 0 N–H and O–H groups in total. The lowest BCUT2D eigenvalue weighted by molar-refractivity contribution is -0.384. The number of nitrogens with zero attached hydrogens (tertiary/aromatic N) is 4. The van der Waals surface area contributed by atoms with Gasteiger partial charge in [-0.1, -0.05) is 34.8 Å². The SMILES string of the molecule is O=[N+]([O-])c1cc(Cl)c(-n2cc3c(Cl)ncc(F)c3n2)c(Cl)c1. The van der Waals surface area contributed by atoms with Gasteiger partial charge in [0.2, 0.25) is 0 Å². The summed E-state index contributed by atoms with van der Waals surface area (Å²) in [5.74, 6) is -0.660. The van der Waals surface area contributed by atoms with Crippen molar-refractivity contribution in [2.24, 2.45) is 0 Å². The van der Waals surface area contributed by atoms with Gasteiger partial charge in [0.15, 0.2) is 5.82 Å². The number of non-ortho nitro benzene ring substituents is 1. The predicted molar refractivity (Wildman–Crippen MR) is 80.5 cm³/mol. The molecule has 0 spiro atoms. The van der Waals surface area contributed by atoms with Crippen LogP contribution in [-0.2, 0) is 0 Å². The van der Waals surface area contributed by atoms with Crippen molar-refractivity contribution in [3.63, 3.8) is 0 Å². The average Bonchev–Trinajstić information content (AvgIpc) is 2.88. The normalized spacial score (nSPS) is 11.1. The van der Waals surface area contributed by atoms with Gasteiger partial charge in [0.05, 0.1) is 26.6 Å². The monoisotopic (exact) mass is 360 g/mol. The van der Waals surface area contributed by atoms with E-state index in [2.05, 4.69) is 10.1 Å². The molecule has 2 aromatic heterocycles. The number of halogens is 4. The summed E-state index contributed by atoms with van der Waals surface area (Å²) in [4.78, 5) is 13.8. The Hall–Kier alpha value is -1.96. The second-order valence-corrected chi connectivity index (χ2v) is 5.42. The van der Waals surface area contributed by atoms with E-state index in [1.165, 1.54) is 10.9 Å². The molecule has 0 radical (unpaired) electrons. The molecule has 0 aliphatic rings. The molecule has 3 aromatic rings. The van der Waals surface area contributed by atoms with Gasteiger partial charge in [-0.05, 0) is 0 Å². The fraction of sp³-hybridized carbons (Fsp3) is 0. The van der Waals surface area contributed by atoms with Crippen molar-refractivity contribution in [1.82, 2.24) is 14.8 Å². The lowest BCUT2D eigenvalue weighted by Gasteiger charge is -2.06. The Bertz CT molecular complexity index is 866. The Morgan fingerprint density at radius 1 is 1.23 bits per heavy atom. The summed E-state index contributed by atoms with van der Waals surface area (Å²) in [7, 11) is 0. The maximum Gasteiger partial charge on any atom is 0.272 e. The van der Waals surface area contributed by atoms with Gasteiger partial charge in [-0.15, -0.1) is 0 Å². The smallest absolute Gasteiger partial charge is 0.258 e. The highest BCUT2D eigenvalue weighted by Crippen LogP contribution is 2.34. The fourth-order valence-electron chi connectivity index (χ4n) is 1.94. The summed E-state index contributed by atoms with van der Waals surface area (Å²) in [5.41, 5.74) is -0.0903. The quantitative estimate of drug-likeness (QED) is 0.384.